The minimum Gasteiger partial charge on any atom is -0.0827 e. The highest BCUT2D eigenvalue weighted by atomic mass is 35.5. The maximum atomic E-state index is 6.62. The molecule has 1 aliphatic rings. The first-order valence-electron chi connectivity index (χ1n) is 7.65. The molecule has 23 heavy (non-hydrogen) atoms. The highest BCUT2D eigenvalue weighted by Crippen LogP contribution is 2.48. The summed E-state index contributed by atoms with van der Waals surface area (Å²) in [6, 6.07) is 21.2. The lowest BCUT2D eigenvalue weighted by Crippen LogP contribution is -1.89. The van der Waals surface area contributed by atoms with Crippen molar-refractivity contribution in [2.75, 3.05) is 0 Å². The van der Waals surface area contributed by atoms with Crippen LogP contribution in [0.3, 0.4) is 0 Å². The van der Waals surface area contributed by atoms with Crippen LogP contribution in [0.5, 0.6) is 0 Å². The van der Waals surface area contributed by atoms with Crippen molar-refractivity contribution in [3.05, 3.63) is 81.8 Å². The largest absolute Gasteiger partial charge is 0.0827 e. The summed E-state index contributed by atoms with van der Waals surface area (Å²) in [5.41, 5.74) is 5.29. The van der Waals surface area contributed by atoms with E-state index in [-0.39, 0.29) is 0 Å². The Balaban J connectivity index is 2.09. The molecular formula is C21H12Cl2. The van der Waals surface area contributed by atoms with Crippen LogP contribution >= 0.6 is 23.2 Å². The van der Waals surface area contributed by atoms with E-state index in [2.05, 4.69) is 54.6 Å². The second-order valence-corrected chi connectivity index (χ2v) is 6.80. The smallest absolute Gasteiger partial charge is 0.0673 e. The SMILES string of the molecule is Clc1ccc2c(c1Cl)c1c(c3ccccc32)-c2ccccc2C1. The van der Waals surface area contributed by atoms with Crippen LogP contribution in [-0.2, 0) is 6.42 Å². The molecule has 0 saturated carbocycles. The quantitative estimate of drug-likeness (QED) is 0.271. The first kappa shape index (κ1) is 13.4. The first-order chi connectivity index (χ1) is 11.3. The van der Waals surface area contributed by atoms with Gasteiger partial charge in [-0.05, 0) is 50.9 Å². The third kappa shape index (κ3) is 1.74. The molecule has 0 atom stereocenters. The molecule has 110 valence electrons. The van der Waals surface area contributed by atoms with Gasteiger partial charge in [0, 0.05) is 5.39 Å². The Bertz CT molecular complexity index is 1110. The van der Waals surface area contributed by atoms with Crippen LogP contribution in [-0.4, -0.2) is 0 Å². The molecule has 2 heteroatoms. The zero-order chi connectivity index (χ0) is 15.6. The fourth-order valence-electron chi connectivity index (χ4n) is 3.89. The molecule has 4 aromatic carbocycles. The summed E-state index contributed by atoms with van der Waals surface area (Å²) < 4.78 is 0. The van der Waals surface area contributed by atoms with Crippen LogP contribution in [0.15, 0.2) is 60.7 Å². The Morgan fingerprint density at radius 1 is 0.696 bits per heavy atom. The van der Waals surface area contributed by atoms with E-state index in [1.807, 2.05) is 6.07 Å². The molecule has 0 amide bonds. The Kier molecular flexibility index (Phi) is 2.76. The predicted molar refractivity (Wildman–Crippen MR) is 99.7 cm³/mol. The van der Waals surface area contributed by atoms with Gasteiger partial charge in [0.2, 0.25) is 0 Å². The minimum absolute atomic E-state index is 0.618. The normalized spacial score (nSPS) is 12.6. The summed E-state index contributed by atoms with van der Waals surface area (Å²) in [7, 11) is 0. The van der Waals surface area contributed by atoms with E-state index in [0.29, 0.717) is 10.0 Å². The van der Waals surface area contributed by atoms with E-state index in [4.69, 9.17) is 23.2 Å². The molecule has 1 aliphatic carbocycles. The number of benzene rings is 4. The molecule has 0 N–H and O–H groups in total. The number of fused-ring (bicyclic) bond motifs is 8. The highest BCUT2D eigenvalue weighted by molar-refractivity contribution is 6.46. The van der Waals surface area contributed by atoms with Crippen LogP contribution in [0.2, 0.25) is 10.0 Å². The molecule has 0 radical (unpaired) electrons. The molecule has 0 aliphatic heterocycles. The van der Waals surface area contributed by atoms with E-state index in [0.717, 1.165) is 11.8 Å². The van der Waals surface area contributed by atoms with Gasteiger partial charge in [-0.2, -0.15) is 0 Å². The monoisotopic (exact) mass is 334 g/mol. The highest BCUT2D eigenvalue weighted by Gasteiger charge is 2.25. The standard InChI is InChI=1S/C21H12Cl2/c22-18-10-9-16-14-7-3-4-8-15(14)19-13-6-2-1-5-12(13)11-17(19)20(16)21(18)23/h1-10H,11H2. The summed E-state index contributed by atoms with van der Waals surface area (Å²) in [6.45, 7) is 0. The topological polar surface area (TPSA) is 0 Å². The summed E-state index contributed by atoms with van der Waals surface area (Å²) in [5.74, 6) is 0. The van der Waals surface area contributed by atoms with Crippen LogP contribution in [0.4, 0.5) is 0 Å². The van der Waals surface area contributed by atoms with Crippen LogP contribution in [0.25, 0.3) is 32.7 Å². The lowest BCUT2D eigenvalue weighted by atomic mass is 9.91. The fourth-order valence-corrected chi connectivity index (χ4v) is 4.32. The maximum Gasteiger partial charge on any atom is 0.0673 e. The third-order valence-electron chi connectivity index (χ3n) is 4.84. The van der Waals surface area contributed by atoms with Crippen LogP contribution < -0.4 is 0 Å². The summed E-state index contributed by atoms with van der Waals surface area (Å²) in [6.07, 6.45) is 0.910. The Morgan fingerprint density at radius 2 is 1.43 bits per heavy atom. The summed E-state index contributed by atoms with van der Waals surface area (Å²) in [4.78, 5) is 0. The molecule has 0 saturated heterocycles. The van der Waals surface area contributed by atoms with Gasteiger partial charge in [-0.25, -0.2) is 0 Å². The molecule has 0 aromatic heterocycles. The molecule has 0 unspecified atom stereocenters. The van der Waals surface area contributed by atoms with E-state index < -0.39 is 0 Å². The van der Waals surface area contributed by atoms with Gasteiger partial charge in [-0.3, -0.25) is 0 Å². The second kappa shape index (κ2) is 4.74. The number of rotatable bonds is 0. The molecule has 0 nitrogen and oxygen atoms in total. The van der Waals surface area contributed by atoms with E-state index in [1.165, 1.54) is 38.4 Å². The molecule has 0 fully saturated rings. The zero-order valence-corrected chi connectivity index (χ0v) is 13.7. The summed E-state index contributed by atoms with van der Waals surface area (Å²) >= 11 is 12.9. The van der Waals surface area contributed by atoms with Crippen molar-refractivity contribution in [3.63, 3.8) is 0 Å². The molecule has 0 spiro atoms. The van der Waals surface area contributed by atoms with Crippen molar-refractivity contribution in [2.45, 2.75) is 6.42 Å². The molecular weight excluding hydrogens is 323 g/mol. The number of hydrogen-bond acceptors (Lipinski definition) is 0. The Morgan fingerprint density at radius 3 is 2.30 bits per heavy atom. The predicted octanol–water partition coefficient (Wildman–Crippen LogP) is 6.87. The second-order valence-electron chi connectivity index (χ2n) is 6.02. The third-order valence-corrected chi connectivity index (χ3v) is 5.64. The van der Waals surface area contributed by atoms with E-state index in [9.17, 15) is 0 Å². The lowest BCUT2D eigenvalue weighted by molar-refractivity contribution is 1.29. The van der Waals surface area contributed by atoms with Crippen molar-refractivity contribution >= 4 is 44.7 Å². The van der Waals surface area contributed by atoms with Crippen molar-refractivity contribution < 1.29 is 0 Å². The van der Waals surface area contributed by atoms with Gasteiger partial charge in [0.1, 0.15) is 0 Å². The Labute approximate surface area is 144 Å². The summed E-state index contributed by atoms with van der Waals surface area (Å²) in [5, 5.41) is 6.09. The van der Waals surface area contributed by atoms with Crippen LogP contribution in [0, 0.1) is 0 Å². The van der Waals surface area contributed by atoms with Gasteiger partial charge in [0.15, 0.2) is 0 Å². The van der Waals surface area contributed by atoms with E-state index in [1.54, 1.807) is 0 Å². The average Bonchev–Trinajstić information content (AvgIpc) is 2.97. The van der Waals surface area contributed by atoms with Gasteiger partial charge in [0.05, 0.1) is 10.0 Å². The molecule has 4 aromatic rings. The molecule has 0 heterocycles. The molecule has 5 rings (SSSR count). The van der Waals surface area contributed by atoms with Crippen molar-refractivity contribution in [1.82, 2.24) is 0 Å². The van der Waals surface area contributed by atoms with Gasteiger partial charge in [-0.15, -0.1) is 0 Å². The van der Waals surface area contributed by atoms with Crippen LogP contribution in [0.1, 0.15) is 11.1 Å². The van der Waals surface area contributed by atoms with Crippen molar-refractivity contribution in [2.24, 2.45) is 0 Å². The van der Waals surface area contributed by atoms with Crippen molar-refractivity contribution in [3.8, 4) is 11.1 Å². The first-order valence-corrected chi connectivity index (χ1v) is 8.41. The average molecular weight is 335 g/mol. The van der Waals surface area contributed by atoms with Gasteiger partial charge < -0.3 is 0 Å². The van der Waals surface area contributed by atoms with Crippen molar-refractivity contribution in [1.29, 1.82) is 0 Å². The maximum absolute atomic E-state index is 6.62. The Hall–Kier alpha value is -2.02. The lowest BCUT2D eigenvalue weighted by Gasteiger charge is -2.14. The molecule has 0 bridgehead atoms. The number of hydrogen-bond donors (Lipinski definition) is 0. The zero-order valence-electron chi connectivity index (χ0n) is 12.2. The van der Waals surface area contributed by atoms with E-state index >= 15 is 0 Å². The van der Waals surface area contributed by atoms with Gasteiger partial charge >= 0.3 is 0 Å². The minimum atomic E-state index is 0.618. The number of halogens is 2. The van der Waals surface area contributed by atoms with Gasteiger partial charge in [-0.1, -0.05) is 77.8 Å². The van der Waals surface area contributed by atoms with Gasteiger partial charge in [0.25, 0.3) is 0 Å². The fraction of sp³-hybridized carbons (Fsp3) is 0.0476.